The molecular formula is C10H17N3O2S. The number of hydrogen-bond donors (Lipinski definition) is 2. The van der Waals surface area contributed by atoms with Crippen LogP contribution in [0.25, 0.3) is 0 Å². The molecule has 1 heterocycles. The monoisotopic (exact) mass is 243 g/mol. The number of amides is 1. The van der Waals surface area contributed by atoms with Gasteiger partial charge in [-0.1, -0.05) is 0 Å². The predicted octanol–water partition coefficient (Wildman–Crippen LogP) is 0.811. The van der Waals surface area contributed by atoms with E-state index < -0.39 is 0 Å². The number of aromatic nitrogens is 1. The van der Waals surface area contributed by atoms with Gasteiger partial charge in [0.2, 0.25) is 5.91 Å². The molecule has 0 spiro atoms. The van der Waals surface area contributed by atoms with Crippen molar-refractivity contribution < 1.29 is 9.53 Å². The highest BCUT2D eigenvalue weighted by Gasteiger charge is 2.02. The number of rotatable bonds is 7. The summed E-state index contributed by atoms with van der Waals surface area (Å²) in [7, 11) is 0. The minimum atomic E-state index is 0.0108. The van der Waals surface area contributed by atoms with Crippen LogP contribution in [0.3, 0.4) is 0 Å². The van der Waals surface area contributed by atoms with Gasteiger partial charge in [0.05, 0.1) is 12.3 Å². The Hall–Kier alpha value is -1.14. The third-order valence-corrected chi connectivity index (χ3v) is 2.67. The fourth-order valence-electron chi connectivity index (χ4n) is 1.17. The zero-order valence-electron chi connectivity index (χ0n) is 9.36. The van der Waals surface area contributed by atoms with Gasteiger partial charge in [0.25, 0.3) is 0 Å². The zero-order chi connectivity index (χ0) is 11.8. The first-order chi connectivity index (χ1) is 7.72. The second-order valence-electron chi connectivity index (χ2n) is 3.22. The molecule has 0 aromatic carbocycles. The highest BCUT2D eigenvalue weighted by Crippen LogP contribution is 2.10. The predicted molar refractivity (Wildman–Crippen MR) is 64.4 cm³/mol. The number of nitrogens with two attached hydrogens (primary N) is 1. The number of ether oxygens (including phenoxy) is 1. The number of anilines is 1. The van der Waals surface area contributed by atoms with Crippen LogP contribution < -0.4 is 11.1 Å². The lowest BCUT2D eigenvalue weighted by Crippen LogP contribution is -2.26. The minimum absolute atomic E-state index is 0.0108. The molecule has 5 nitrogen and oxygen atoms in total. The number of hydrogen-bond acceptors (Lipinski definition) is 5. The van der Waals surface area contributed by atoms with E-state index in [9.17, 15) is 4.79 Å². The molecule has 1 rings (SSSR count). The summed E-state index contributed by atoms with van der Waals surface area (Å²) < 4.78 is 5.08. The van der Waals surface area contributed by atoms with E-state index in [2.05, 4.69) is 10.3 Å². The van der Waals surface area contributed by atoms with Gasteiger partial charge >= 0.3 is 0 Å². The maximum atomic E-state index is 11.3. The molecular weight excluding hydrogens is 226 g/mol. The van der Waals surface area contributed by atoms with Gasteiger partial charge in [-0.15, -0.1) is 11.3 Å². The van der Waals surface area contributed by atoms with Crippen molar-refractivity contribution in [3.05, 3.63) is 11.1 Å². The van der Waals surface area contributed by atoms with Crippen molar-refractivity contribution >= 4 is 22.4 Å². The Labute approximate surface area is 99.0 Å². The smallest absolute Gasteiger partial charge is 0.222 e. The Morgan fingerprint density at radius 3 is 3.12 bits per heavy atom. The van der Waals surface area contributed by atoms with Gasteiger partial charge in [0.1, 0.15) is 0 Å². The average Bonchev–Trinajstić information content (AvgIpc) is 2.65. The van der Waals surface area contributed by atoms with Crippen LogP contribution in [0, 0.1) is 0 Å². The Morgan fingerprint density at radius 1 is 1.69 bits per heavy atom. The Bertz CT molecular complexity index is 328. The molecule has 3 N–H and O–H groups in total. The van der Waals surface area contributed by atoms with Crippen molar-refractivity contribution in [2.75, 3.05) is 25.5 Å². The molecule has 6 heteroatoms. The van der Waals surface area contributed by atoms with Crippen molar-refractivity contribution in [3.8, 4) is 0 Å². The molecule has 0 saturated heterocycles. The van der Waals surface area contributed by atoms with Gasteiger partial charge < -0.3 is 15.8 Å². The van der Waals surface area contributed by atoms with E-state index in [-0.39, 0.29) is 5.91 Å². The Morgan fingerprint density at radius 2 is 2.50 bits per heavy atom. The van der Waals surface area contributed by atoms with Crippen LogP contribution in [0.1, 0.15) is 19.0 Å². The Kier molecular flexibility index (Phi) is 5.81. The number of thiazole rings is 1. The van der Waals surface area contributed by atoms with Crippen LogP contribution in [-0.2, 0) is 16.0 Å². The van der Waals surface area contributed by atoms with Crippen LogP contribution >= 0.6 is 11.3 Å². The summed E-state index contributed by atoms with van der Waals surface area (Å²) in [5.74, 6) is 0.0108. The van der Waals surface area contributed by atoms with Gasteiger partial charge in [0.15, 0.2) is 5.13 Å². The highest BCUT2D eigenvalue weighted by molar-refractivity contribution is 7.13. The van der Waals surface area contributed by atoms with E-state index in [1.54, 1.807) is 0 Å². The van der Waals surface area contributed by atoms with E-state index in [0.717, 1.165) is 5.69 Å². The number of carbonyl (C=O) groups excluding carboxylic acids is 1. The van der Waals surface area contributed by atoms with E-state index in [4.69, 9.17) is 10.5 Å². The fraction of sp³-hybridized carbons (Fsp3) is 0.600. The molecule has 90 valence electrons. The summed E-state index contributed by atoms with van der Waals surface area (Å²) >= 11 is 1.41. The van der Waals surface area contributed by atoms with Crippen molar-refractivity contribution in [2.45, 2.75) is 19.8 Å². The van der Waals surface area contributed by atoms with Crippen molar-refractivity contribution in [2.24, 2.45) is 0 Å². The van der Waals surface area contributed by atoms with Crippen LogP contribution in [0.15, 0.2) is 5.38 Å². The topological polar surface area (TPSA) is 77.2 Å². The summed E-state index contributed by atoms with van der Waals surface area (Å²) in [6.07, 6.45) is 1.13. The van der Waals surface area contributed by atoms with Crippen LogP contribution in [-0.4, -0.2) is 30.6 Å². The standard InChI is InChI=1S/C10H17N3O2S/c1-2-15-6-4-9(14)12-5-3-8-7-16-10(11)13-8/h7H,2-6H2,1H3,(H2,11,13)(H,12,14). The molecule has 0 bridgehead atoms. The molecule has 0 unspecified atom stereocenters. The lowest BCUT2D eigenvalue weighted by molar-refractivity contribution is -0.122. The van der Waals surface area contributed by atoms with E-state index in [0.29, 0.717) is 37.7 Å². The SMILES string of the molecule is CCOCCC(=O)NCCc1csc(N)n1. The second-order valence-corrected chi connectivity index (χ2v) is 4.11. The third kappa shape index (κ3) is 5.09. The lowest BCUT2D eigenvalue weighted by atomic mass is 10.3. The normalized spacial score (nSPS) is 10.3. The first-order valence-electron chi connectivity index (χ1n) is 5.26. The van der Waals surface area contributed by atoms with Crippen molar-refractivity contribution in [1.82, 2.24) is 10.3 Å². The second kappa shape index (κ2) is 7.19. The highest BCUT2D eigenvalue weighted by atomic mass is 32.1. The molecule has 0 fully saturated rings. The third-order valence-electron chi connectivity index (χ3n) is 1.95. The summed E-state index contributed by atoms with van der Waals surface area (Å²) in [6, 6.07) is 0. The molecule has 16 heavy (non-hydrogen) atoms. The van der Waals surface area contributed by atoms with Crippen LogP contribution in [0.5, 0.6) is 0 Å². The van der Waals surface area contributed by atoms with Gasteiger partial charge in [-0.2, -0.15) is 0 Å². The molecule has 0 aliphatic heterocycles. The van der Waals surface area contributed by atoms with Crippen molar-refractivity contribution in [1.29, 1.82) is 0 Å². The number of nitrogens with zero attached hydrogens (tertiary/aromatic N) is 1. The first-order valence-corrected chi connectivity index (χ1v) is 6.14. The van der Waals surface area contributed by atoms with E-state index >= 15 is 0 Å². The summed E-state index contributed by atoms with van der Waals surface area (Å²) in [5.41, 5.74) is 6.42. The quantitative estimate of drug-likeness (QED) is 0.695. The van der Waals surface area contributed by atoms with Crippen LogP contribution in [0.2, 0.25) is 0 Å². The van der Waals surface area contributed by atoms with Crippen LogP contribution in [0.4, 0.5) is 5.13 Å². The largest absolute Gasteiger partial charge is 0.381 e. The summed E-state index contributed by atoms with van der Waals surface area (Å²) in [5, 5.41) is 5.28. The molecule has 0 aliphatic carbocycles. The molecule has 0 saturated carbocycles. The van der Waals surface area contributed by atoms with E-state index in [1.807, 2.05) is 12.3 Å². The van der Waals surface area contributed by atoms with Gasteiger partial charge in [-0.05, 0) is 6.92 Å². The Balaban J connectivity index is 2.08. The molecule has 0 radical (unpaired) electrons. The molecule has 1 amide bonds. The first kappa shape index (κ1) is 12.9. The molecule has 1 aromatic heterocycles. The lowest BCUT2D eigenvalue weighted by Gasteiger charge is -2.03. The fourth-order valence-corrected chi connectivity index (χ4v) is 1.76. The van der Waals surface area contributed by atoms with E-state index in [1.165, 1.54) is 11.3 Å². The zero-order valence-corrected chi connectivity index (χ0v) is 10.2. The molecule has 1 aromatic rings. The maximum absolute atomic E-state index is 11.3. The van der Waals surface area contributed by atoms with Gasteiger partial charge in [-0.3, -0.25) is 4.79 Å². The number of nitrogens with one attached hydrogen (secondary N) is 1. The number of carbonyl (C=O) groups is 1. The minimum Gasteiger partial charge on any atom is -0.381 e. The number of nitrogen functional groups attached to an aromatic ring is 1. The van der Waals surface area contributed by atoms with Crippen molar-refractivity contribution in [3.63, 3.8) is 0 Å². The van der Waals surface area contributed by atoms with Gasteiger partial charge in [0, 0.05) is 31.4 Å². The summed E-state index contributed by atoms with van der Waals surface area (Å²) in [6.45, 7) is 3.62. The molecule has 0 aliphatic rings. The maximum Gasteiger partial charge on any atom is 0.222 e. The molecule has 0 atom stereocenters. The average molecular weight is 243 g/mol. The summed E-state index contributed by atoms with van der Waals surface area (Å²) in [4.78, 5) is 15.4. The van der Waals surface area contributed by atoms with Gasteiger partial charge in [-0.25, -0.2) is 4.98 Å².